The van der Waals surface area contributed by atoms with Gasteiger partial charge < -0.3 is 10.0 Å². The highest BCUT2D eigenvalue weighted by Gasteiger charge is 2.19. The van der Waals surface area contributed by atoms with Crippen molar-refractivity contribution in [2.24, 2.45) is 0 Å². The lowest BCUT2D eigenvalue weighted by Crippen LogP contribution is -2.36. The summed E-state index contributed by atoms with van der Waals surface area (Å²) in [7, 11) is 0. The number of thioether (sulfide) groups is 1. The number of nitrogens with zero attached hydrogens (tertiary/aromatic N) is 3. The third kappa shape index (κ3) is 2.78. The Kier molecular flexibility index (Phi) is 3.89. The number of anilines is 1. The molecule has 6 heteroatoms. The lowest BCUT2D eigenvalue weighted by atomic mass is 10.1. The lowest BCUT2D eigenvalue weighted by molar-refractivity contribution is 0.145. The first-order valence-electron chi connectivity index (χ1n) is 5.20. The molecule has 1 aromatic heterocycles. The second kappa shape index (κ2) is 5.21. The molecule has 1 fully saturated rings. The molecule has 1 saturated heterocycles. The molecule has 1 aromatic rings. The van der Waals surface area contributed by atoms with Crippen molar-refractivity contribution in [2.45, 2.75) is 24.1 Å². The average Bonchev–Trinajstić information content (AvgIpc) is 2.29. The van der Waals surface area contributed by atoms with Gasteiger partial charge in [-0.1, -0.05) is 23.4 Å². The molecule has 0 saturated carbocycles. The Morgan fingerprint density at radius 3 is 2.75 bits per heavy atom. The van der Waals surface area contributed by atoms with Crippen molar-refractivity contribution in [3.63, 3.8) is 0 Å². The molecule has 1 aliphatic rings. The molecule has 0 atom stereocenters. The summed E-state index contributed by atoms with van der Waals surface area (Å²) in [5.74, 6) is 0.858. The summed E-state index contributed by atoms with van der Waals surface area (Å²) in [6.45, 7) is 1.64. The van der Waals surface area contributed by atoms with Crippen LogP contribution in [0.2, 0.25) is 5.15 Å². The monoisotopic (exact) mass is 259 g/mol. The fourth-order valence-corrected chi connectivity index (χ4v) is 2.34. The van der Waals surface area contributed by atoms with Gasteiger partial charge >= 0.3 is 0 Å². The van der Waals surface area contributed by atoms with E-state index in [0.717, 1.165) is 31.7 Å². The van der Waals surface area contributed by atoms with Gasteiger partial charge in [0.05, 0.1) is 6.10 Å². The van der Waals surface area contributed by atoms with E-state index in [4.69, 9.17) is 11.6 Å². The maximum Gasteiger partial charge on any atom is 0.190 e. The minimum atomic E-state index is -0.173. The van der Waals surface area contributed by atoms with Crippen LogP contribution in [0.1, 0.15) is 12.8 Å². The van der Waals surface area contributed by atoms with Crippen molar-refractivity contribution in [3.8, 4) is 0 Å². The molecule has 0 unspecified atom stereocenters. The Labute approximate surface area is 104 Å². The van der Waals surface area contributed by atoms with Crippen molar-refractivity contribution >= 4 is 29.2 Å². The summed E-state index contributed by atoms with van der Waals surface area (Å²) in [6.07, 6.45) is 3.33. The molecule has 0 amide bonds. The van der Waals surface area contributed by atoms with Crippen LogP contribution in [-0.2, 0) is 0 Å². The first kappa shape index (κ1) is 12.0. The average molecular weight is 260 g/mol. The van der Waals surface area contributed by atoms with Crippen LogP contribution in [0.4, 0.5) is 5.82 Å². The molecule has 0 aromatic carbocycles. The van der Waals surface area contributed by atoms with Gasteiger partial charge in [-0.05, 0) is 19.1 Å². The number of rotatable bonds is 2. The predicted octanol–water partition coefficient (Wildman–Crippen LogP) is 1.81. The first-order valence-corrected chi connectivity index (χ1v) is 6.81. The zero-order valence-electron chi connectivity index (χ0n) is 9.06. The molecule has 1 aliphatic heterocycles. The largest absolute Gasteiger partial charge is 0.393 e. The number of piperidine rings is 1. The van der Waals surface area contributed by atoms with Crippen LogP contribution >= 0.6 is 23.4 Å². The topological polar surface area (TPSA) is 49.2 Å². The highest BCUT2D eigenvalue weighted by atomic mass is 35.5. The van der Waals surface area contributed by atoms with Crippen molar-refractivity contribution < 1.29 is 5.11 Å². The standard InChI is InChI=1S/C10H14ClN3OS/c1-16-10-12-8(11)6-9(13-10)14-4-2-7(15)3-5-14/h6-7,15H,2-5H2,1H3. The van der Waals surface area contributed by atoms with Crippen LogP contribution < -0.4 is 4.90 Å². The molecule has 0 aliphatic carbocycles. The van der Waals surface area contributed by atoms with E-state index in [1.54, 1.807) is 6.07 Å². The van der Waals surface area contributed by atoms with Gasteiger partial charge in [0.15, 0.2) is 5.16 Å². The van der Waals surface area contributed by atoms with Gasteiger partial charge in [0.25, 0.3) is 0 Å². The third-order valence-electron chi connectivity index (χ3n) is 2.63. The Balaban J connectivity index is 2.16. The smallest absolute Gasteiger partial charge is 0.190 e. The van der Waals surface area contributed by atoms with E-state index in [1.165, 1.54) is 11.8 Å². The SMILES string of the molecule is CSc1nc(Cl)cc(N2CCC(O)CC2)n1. The predicted molar refractivity (Wildman–Crippen MR) is 66.3 cm³/mol. The zero-order chi connectivity index (χ0) is 11.5. The Hall–Kier alpha value is -0.520. The van der Waals surface area contributed by atoms with E-state index < -0.39 is 0 Å². The molecule has 2 rings (SSSR count). The summed E-state index contributed by atoms with van der Waals surface area (Å²) in [4.78, 5) is 10.7. The molecule has 0 bridgehead atoms. The summed E-state index contributed by atoms with van der Waals surface area (Å²) in [6, 6.07) is 1.78. The number of hydrogen-bond donors (Lipinski definition) is 1. The molecule has 0 radical (unpaired) electrons. The minimum Gasteiger partial charge on any atom is -0.393 e. The Bertz CT molecular complexity index is 369. The van der Waals surface area contributed by atoms with Crippen LogP contribution in [0.25, 0.3) is 0 Å². The van der Waals surface area contributed by atoms with E-state index in [0.29, 0.717) is 10.3 Å². The molecular weight excluding hydrogens is 246 g/mol. The maximum atomic E-state index is 9.44. The molecule has 16 heavy (non-hydrogen) atoms. The van der Waals surface area contributed by atoms with Crippen LogP contribution in [0.5, 0.6) is 0 Å². The van der Waals surface area contributed by atoms with E-state index in [9.17, 15) is 5.11 Å². The third-order valence-corrected chi connectivity index (χ3v) is 3.37. The summed E-state index contributed by atoms with van der Waals surface area (Å²) < 4.78 is 0. The molecule has 88 valence electrons. The maximum absolute atomic E-state index is 9.44. The number of hydrogen-bond acceptors (Lipinski definition) is 5. The zero-order valence-corrected chi connectivity index (χ0v) is 10.6. The number of aliphatic hydroxyl groups excluding tert-OH is 1. The molecule has 1 N–H and O–H groups in total. The van der Waals surface area contributed by atoms with Crippen molar-refractivity contribution in [1.82, 2.24) is 9.97 Å². The van der Waals surface area contributed by atoms with Gasteiger partial charge in [0.1, 0.15) is 11.0 Å². The summed E-state index contributed by atoms with van der Waals surface area (Å²) in [5, 5.41) is 10.6. The van der Waals surface area contributed by atoms with Crippen molar-refractivity contribution in [1.29, 1.82) is 0 Å². The summed E-state index contributed by atoms with van der Waals surface area (Å²) >= 11 is 7.42. The van der Waals surface area contributed by atoms with Crippen LogP contribution in [0, 0.1) is 0 Å². The molecule has 4 nitrogen and oxygen atoms in total. The highest BCUT2D eigenvalue weighted by Crippen LogP contribution is 2.23. The number of aromatic nitrogens is 2. The van der Waals surface area contributed by atoms with Gasteiger partial charge in [-0.2, -0.15) is 0 Å². The lowest BCUT2D eigenvalue weighted by Gasteiger charge is -2.30. The fourth-order valence-electron chi connectivity index (χ4n) is 1.73. The van der Waals surface area contributed by atoms with Gasteiger partial charge in [0.2, 0.25) is 0 Å². The fraction of sp³-hybridized carbons (Fsp3) is 0.600. The first-order chi connectivity index (χ1) is 7.69. The molecule has 2 heterocycles. The second-order valence-corrected chi connectivity index (χ2v) is 4.91. The van der Waals surface area contributed by atoms with E-state index in [1.807, 2.05) is 6.26 Å². The van der Waals surface area contributed by atoms with Gasteiger partial charge in [-0.3, -0.25) is 0 Å². The van der Waals surface area contributed by atoms with Gasteiger partial charge in [0, 0.05) is 19.2 Å². The van der Waals surface area contributed by atoms with Crippen LogP contribution in [0.3, 0.4) is 0 Å². The van der Waals surface area contributed by atoms with E-state index in [2.05, 4.69) is 14.9 Å². The second-order valence-electron chi connectivity index (χ2n) is 3.75. The minimum absolute atomic E-state index is 0.173. The van der Waals surface area contributed by atoms with Crippen LogP contribution in [-0.4, -0.2) is 40.5 Å². The normalized spacial score (nSPS) is 17.8. The van der Waals surface area contributed by atoms with Crippen molar-refractivity contribution in [2.75, 3.05) is 24.2 Å². The summed E-state index contributed by atoms with van der Waals surface area (Å²) in [5.41, 5.74) is 0. The van der Waals surface area contributed by atoms with Crippen LogP contribution in [0.15, 0.2) is 11.2 Å². The Morgan fingerprint density at radius 2 is 2.12 bits per heavy atom. The molecule has 0 spiro atoms. The quantitative estimate of drug-likeness (QED) is 0.499. The highest BCUT2D eigenvalue weighted by molar-refractivity contribution is 7.98. The Morgan fingerprint density at radius 1 is 1.44 bits per heavy atom. The van der Waals surface area contributed by atoms with Gasteiger partial charge in [-0.15, -0.1) is 0 Å². The van der Waals surface area contributed by atoms with E-state index in [-0.39, 0.29) is 6.10 Å². The van der Waals surface area contributed by atoms with Crippen molar-refractivity contribution in [3.05, 3.63) is 11.2 Å². The number of aliphatic hydroxyl groups is 1. The molecular formula is C10H14ClN3OS. The van der Waals surface area contributed by atoms with E-state index >= 15 is 0 Å². The van der Waals surface area contributed by atoms with Gasteiger partial charge in [-0.25, -0.2) is 9.97 Å². The number of halogens is 1.